The average molecular weight is 263 g/mol. The van der Waals surface area contributed by atoms with Gasteiger partial charge in [-0.3, -0.25) is 20.3 Å². The van der Waals surface area contributed by atoms with Gasteiger partial charge in [0.15, 0.2) is 10.6 Å². The molecule has 0 saturated heterocycles. The number of carbonyl (C=O) groups excluding carboxylic acids is 1. The first-order valence-corrected chi connectivity index (χ1v) is 5.92. The van der Waals surface area contributed by atoms with E-state index in [1.165, 1.54) is 40.2 Å². The number of thiazole rings is 1. The zero-order chi connectivity index (χ0) is 13.1. The molecule has 7 heteroatoms. The number of hydrogen-bond donors (Lipinski definition) is 1. The number of rotatable bonds is 4. The van der Waals surface area contributed by atoms with E-state index in [9.17, 15) is 14.9 Å². The average Bonchev–Trinajstić information content (AvgIpc) is 2.75. The summed E-state index contributed by atoms with van der Waals surface area (Å²) in [4.78, 5) is 22.3. The van der Waals surface area contributed by atoms with E-state index in [2.05, 4.69) is 0 Å². The van der Waals surface area contributed by atoms with Crippen molar-refractivity contribution in [3.8, 4) is 0 Å². The fourth-order valence-corrected chi connectivity index (χ4v) is 2.06. The minimum Gasteiger partial charge on any atom is -0.316 e. The summed E-state index contributed by atoms with van der Waals surface area (Å²) >= 11 is 1.22. The number of nitro groups is 1. The zero-order valence-electron chi connectivity index (χ0n) is 9.20. The summed E-state index contributed by atoms with van der Waals surface area (Å²) in [6, 6.07) is 5.60. The molecule has 2 rings (SSSR count). The van der Waals surface area contributed by atoms with Gasteiger partial charge in [0.25, 0.3) is 5.69 Å². The summed E-state index contributed by atoms with van der Waals surface area (Å²) in [7, 11) is 0. The van der Waals surface area contributed by atoms with Gasteiger partial charge in [-0.1, -0.05) is 12.1 Å². The van der Waals surface area contributed by atoms with Crippen LogP contribution in [0.25, 0.3) is 0 Å². The smallest absolute Gasteiger partial charge is 0.270 e. The Bertz CT molecular complexity index is 659. The van der Waals surface area contributed by atoms with Gasteiger partial charge in [-0.15, -0.1) is 11.3 Å². The van der Waals surface area contributed by atoms with Gasteiger partial charge in [-0.2, -0.15) is 0 Å². The quantitative estimate of drug-likeness (QED) is 0.518. The lowest BCUT2D eigenvalue weighted by atomic mass is 10.1. The van der Waals surface area contributed by atoms with Crippen LogP contribution in [0, 0.1) is 15.5 Å². The first-order chi connectivity index (χ1) is 8.58. The Morgan fingerprint density at radius 2 is 2.28 bits per heavy atom. The minimum absolute atomic E-state index is 0.0174. The fourth-order valence-electron chi connectivity index (χ4n) is 1.47. The van der Waals surface area contributed by atoms with Crippen molar-refractivity contribution in [2.45, 2.75) is 6.54 Å². The summed E-state index contributed by atoms with van der Waals surface area (Å²) in [6.07, 6.45) is 1.64. The van der Waals surface area contributed by atoms with Gasteiger partial charge in [0.2, 0.25) is 0 Å². The highest BCUT2D eigenvalue weighted by Gasteiger charge is 2.12. The monoisotopic (exact) mass is 263 g/mol. The van der Waals surface area contributed by atoms with Crippen LogP contribution in [0.2, 0.25) is 0 Å². The van der Waals surface area contributed by atoms with E-state index in [0.29, 0.717) is 0 Å². The molecule has 0 atom stereocenters. The molecule has 0 unspecified atom stereocenters. The van der Waals surface area contributed by atoms with Crippen LogP contribution >= 0.6 is 11.3 Å². The number of nitrogens with one attached hydrogen (secondary N) is 1. The van der Waals surface area contributed by atoms with Crippen molar-refractivity contribution in [3.05, 3.63) is 56.3 Å². The summed E-state index contributed by atoms with van der Waals surface area (Å²) in [5, 5.41) is 19.9. The van der Waals surface area contributed by atoms with Gasteiger partial charge in [0.1, 0.15) is 0 Å². The van der Waals surface area contributed by atoms with Gasteiger partial charge in [0, 0.05) is 29.3 Å². The normalized spacial score (nSPS) is 10.2. The molecule has 0 aliphatic carbocycles. The number of ketones is 1. The third-order valence-corrected chi connectivity index (χ3v) is 3.09. The van der Waals surface area contributed by atoms with Crippen LogP contribution in [0.15, 0.2) is 35.8 Å². The standard InChI is InChI=1S/C11H9N3O3S/c12-11-13(4-5-18-11)7-10(15)8-2-1-3-9(6-8)14(16)17/h1-6,12H,7H2. The van der Waals surface area contributed by atoms with Crippen molar-refractivity contribution in [2.75, 3.05) is 0 Å². The molecule has 0 bridgehead atoms. The van der Waals surface area contributed by atoms with Gasteiger partial charge in [0.05, 0.1) is 11.5 Å². The third-order valence-electron chi connectivity index (χ3n) is 2.37. The highest BCUT2D eigenvalue weighted by Crippen LogP contribution is 2.13. The number of non-ortho nitro benzene ring substituents is 1. The molecule has 92 valence electrons. The highest BCUT2D eigenvalue weighted by molar-refractivity contribution is 7.06. The van der Waals surface area contributed by atoms with Gasteiger partial charge >= 0.3 is 0 Å². The number of nitrogens with zero attached hydrogens (tertiary/aromatic N) is 2. The molecule has 18 heavy (non-hydrogen) atoms. The van der Waals surface area contributed by atoms with Gasteiger partial charge < -0.3 is 4.57 Å². The van der Waals surface area contributed by atoms with E-state index in [1.807, 2.05) is 0 Å². The van der Waals surface area contributed by atoms with E-state index < -0.39 is 4.92 Å². The first kappa shape index (κ1) is 12.2. The third kappa shape index (κ3) is 2.51. The largest absolute Gasteiger partial charge is 0.316 e. The lowest BCUT2D eigenvalue weighted by Gasteiger charge is -2.02. The lowest BCUT2D eigenvalue weighted by molar-refractivity contribution is -0.384. The van der Waals surface area contributed by atoms with Crippen LogP contribution in [0.3, 0.4) is 0 Å². The van der Waals surface area contributed by atoms with E-state index in [0.717, 1.165) is 0 Å². The maximum absolute atomic E-state index is 11.9. The van der Waals surface area contributed by atoms with Crippen molar-refractivity contribution in [1.82, 2.24) is 4.57 Å². The Kier molecular flexibility index (Phi) is 3.33. The van der Waals surface area contributed by atoms with Crippen LogP contribution in [-0.2, 0) is 6.54 Å². The predicted octanol–water partition coefficient (Wildman–Crippen LogP) is 1.82. The summed E-state index contributed by atoms with van der Waals surface area (Å²) in [5.41, 5.74) is 0.171. The maximum Gasteiger partial charge on any atom is 0.270 e. The maximum atomic E-state index is 11.9. The number of hydrogen-bond acceptors (Lipinski definition) is 5. The second-order valence-corrected chi connectivity index (χ2v) is 4.46. The van der Waals surface area contributed by atoms with Crippen molar-refractivity contribution in [2.24, 2.45) is 0 Å². The lowest BCUT2D eigenvalue weighted by Crippen LogP contribution is -2.18. The molecule has 0 aliphatic rings. The Morgan fingerprint density at radius 3 is 2.89 bits per heavy atom. The van der Waals surface area contributed by atoms with E-state index in [4.69, 9.17) is 5.41 Å². The van der Waals surface area contributed by atoms with Crippen LogP contribution < -0.4 is 4.80 Å². The SMILES string of the molecule is N=c1sccn1CC(=O)c1cccc([N+](=O)[O-])c1. The molecule has 0 fully saturated rings. The number of aromatic nitrogens is 1. The first-order valence-electron chi connectivity index (χ1n) is 5.04. The number of nitro benzene ring substituents is 1. The fraction of sp³-hybridized carbons (Fsp3) is 0.0909. The van der Waals surface area contributed by atoms with Crippen LogP contribution in [0.1, 0.15) is 10.4 Å². The summed E-state index contributed by atoms with van der Waals surface area (Å²) in [5.74, 6) is -0.254. The predicted molar refractivity (Wildman–Crippen MR) is 65.6 cm³/mol. The van der Waals surface area contributed by atoms with Crippen molar-refractivity contribution in [1.29, 1.82) is 5.41 Å². The molecular formula is C11H9N3O3S. The number of carbonyl (C=O) groups is 1. The summed E-state index contributed by atoms with van der Waals surface area (Å²) in [6.45, 7) is 0.0174. The van der Waals surface area contributed by atoms with Crippen molar-refractivity contribution < 1.29 is 9.72 Å². The second-order valence-electron chi connectivity index (χ2n) is 3.57. The zero-order valence-corrected chi connectivity index (χ0v) is 10.0. The van der Waals surface area contributed by atoms with Crippen LogP contribution in [0.5, 0.6) is 0 Å². The number of benzene rings is 1. The van der Waals surface area contributed by atoms with Crippen LogP contribution in [0.4, 0.5) is 5.69 Å². The van der Waals surface area contributed by atoms with Gasteiger partial charge in [-0.05, 0) is 0 Å². The Morgan fingerprint density at radius 1 is 1.50 bits per heavy atom. The topological polar surface area (TPSA) is 89.0 Å². The van der Waals surface area contributed by atoms with Gasteiger partial charge in [-0.25, -0.2) is 0 Å². The second kappa shape index (κ2) is 4.92. The van der Waals surface area contributed by atoms with Crippen LogP contribution in [-0.4, -0.2) is 15.3 Å². The molecule has 0 saturated carbocycles. The highest BCUT2D eigenvalue weighted by atomic mass is 32.1. The van der Waals surface area contributed by atoms with Crippen molar-refractivity contribution in [3.63, 3.8) is 0 Å². The Labute approximate surface area is 106 Å². The van der Waals surface area contributed by atoms with Crippen molar-refractivity contribution >= 4 is 22.8 Å². The summed E-state index contributed by atoms with van der Waals surface area (Å²) < 4.78 is 1.49. The molecule has 6 nitrogen and oxygen atoms in total. The van der Waals surface area contributed by atoms with E-state index in [-0.39, 0.29) is 28.4 Å². The molecule has 1 heterocycles. The molecule has 1 aromatic heterocycles. The van der Waals surface area contributed by atoms with E-state index >= 15 is 0 Å². The molecular weight excluding hydrogens is 254 g/mol. The molecule has 1 N–H and O–H groups in total. The minimum atomic E-state index is -0.537. The molecule has 2 aromatic rings. The van der Waals surface area contributed by atoms with E-state index in [1.54, 1.807) is 11.6 Å². The molecule has 0 amide bonds. The Balaban J connectivity index is 2.24. The molecule has 1 aromatic carbocycles. The molecule has 0 aliphatic heterocycles. The molecule has 0 spiro atoms. The number of Topliss-reactive ketones (excluding diaryl/α,β-unsaturated/α-hetero) is 1. The Hall–Kier alpha value is -2.28. The molecule has 0 radical (unpaired) electrons.